The number of rotatable bonds is 3. The molecule has 0 aliphatic carbocycles. The zero-order valence-electron chi connectivity index (χ0n) is 9.44. The van der Waals surface area contributed by atoms with E-state index >= 15 is 0 Å². The number of hydrogen-bond acceptors (Lipinski definition) is 3. The van der Waals surface area contributed by atoms with Gasteiger partial charge in [0.2, 0.25) is 0 Å². The van der Waals surface area contributed by atoms with Crippen LogP contribution in [0.1, 0.15) is 25.1 Å². The van der Waals surface area contributed by atoms with Gasteiger partial charge >= 0.3 is 5.97 Å². The minimum absolute atomic E-state index is 0.172. The Balaban J connectivity index is 2.33. The number of piperidine rings is 1. The fourth-order valence-corrected chi connectivity index (χ4v) is 2.56. The Morgan fingerprint density at radius 2 is 2.31 bits per heavy atom. The third kappa shape index (κ3) is 1.95. The highest BCUT2D eigenvalue weighted by Gasteiger charge is 2.36. The number of aromatic nitrogens is 2. The van der Waals surface area contributed by atoms with E-state index in [9.17, 15) is 4.79 Å². The van der Waals surface area contributed by atoms with Crippen LogP contribution < -0.4 is 5.32 Å². The molecular formula is C11H17N3O2. The molecule has 1 aromatic heterocycles. The van der Waals surface area contributed by atoms with E-state index in [0.717, 1.165) is 31.8 Å². The van der Waals surface area contributed by atoms with Gasteiger partial charge in [-0.3, -0.25) is 4.79 Å². The zero-order valence-corrected chi connectivity index (χ0v) is 9.44. The lowest BCUT2D eigenvalue weighted by atomic mass is 9.84. The number of aryl methyl sites for hydroxylation is 1. The number of nitrogens with zero attached hydrogens (tertiary/aromatic N) is 2. The summed E-state index contributed by atoms with van der Waals surface area (Å²) in [6, 6.07) is 0. The minimum Gasteiger partial charge on any atom is -0.481 e. The maximum Gasteiger partial charge on any atom is 0.305 e. The molecule has 1 aromatic rings. The lowest BCUT2D eigenvalue weighted by molar-refractivity contribution is -0.139. The van der Waals surface area contributed by atoms with Crippen LogP contribution in [0.4, 0.5) is 0 Å². The molecule has 0 radical (unpaired) electrons. The summed E-state index contributed by atoms with van der Waals surface area (Å²) < 4.78 is 2.03. The average molecular weight is 223 g/mol. The second-order valence-corrected chi connectivity index (χ2v) is 4.39. The SMILES string of the molecule is Cc1nccn1C1(CC(=O)O)CCNCC1. The summed E-state index contributed by atoms with van der Waals surface area (Å²) in [5.41, 5.74) is -0.294. The van der Waals surface area contributed by atoms with E-state index in [1.807, 2.05) is 17.7 Å². The number of hydrogen-bond donors (Lipinski definition) is 2. The van der Waals surface area contributed by atoms with Gasteiger partial charge in [0.15, 0.2) is 0 Å². The van der Waals surface area contributed by atoms with Gasteiger partial charge < -0.3 is 15.0 Å². The summed E-state index contributed by atoms with van der Waals surface area (Å²) >= 11 is 0. The van der Waals surface area contributed by atoms with Crippen molar-refractivity contribution in [2.45, 2.75) is 31.7 Å². The Hall–Kier alpha value is -1.36. The van der Waals surface area contributed by atoms with Crippen molar-refractivity contribution in [3.63, 3.8) is 0 Å². The molecule has 5 heteroatoms. The van der Waals surface area contributed by atoms with Crippen molar-refractivity contribution in [1.29, 1.82) is 0 Å². The molecule has 0 bridgehead atoms. The van der Waals surface area contributed by atoms with E-state index in [1.54, 1.807) is 6.20 Å². The van der Waals surface area contributed by atoms with Gasteiger partial charge in [-0.05, 0) is 32.9 Å². The van der Waals surface area contributed by atoms with Gasteiger partial charge in [0, 0.05) is 12.4 Å². The van der Waals surface area contributed by atoms with E-state index in [1.165, 1.54) is 0 Å². The first-order chi connectivity index (χ1) is 7.64. The monoisotopic (exact) mass is 223 g/mol. The smallest absolute Gasteiger partial charge is 0.305 e. The van der Waals surface area contributed by atoms with E-state index in [-0.39, 0.29) is 12.0 Å². The number of carboxylic acid groups (broad SMARTS) is 1. The molecule has 2 rings (SSSR count). The summed E-state index contributed by atoms with van der Waals surface area (Å²) in [4.78, 5) is 15.2. The highest BCUT2D eigenvalue weighted by atomic mass is 16.4. The minimum atomic E-state index is -0.741. The molecule has 0 spiro atoms. The van der Waals surface area contributed by atoms with Crippen molar-refractivity contribution in [3.8, 4) is 0 Å². The molecule has 0 saturated carbocycles. The van der Waals surface area contributed by atoms with Crippen molar-refractivity contribution in [2.75, 3.05) is 13.1 Å². The lowest BCUT2D eigenvalue weighted by Crippen LogP contribution is -2.45. The summed E-state index contributed by atoms with van der Waals surface area (Å²) in [5.74, 6) is 0.151. The molecule has 1 fully saturated rings. The fraction of sp³-hybridized carbons (Fsp3) is 0.636. The molecule has 2 N–H and O–H groups in total. The van der Waals surface area contributed by atoms with Gasteiger partial charge in [-0.1, -0.05) is 0 Å². The first-order valence-corrected chi connectivity index (χ1v) is 5.57. The number of nitrogens with one attached hydrogen (secondary N) is 1. The van der Waals surface area contributed by atoms with E-state index in [4.69, 9.17) is 5.11 Å². The van der Waals surface area contributed by atoms with E-state index in [0.29, 0.717) is 0 Å². The topological polar surface area (TPSA) is 67.2 Å². The Morgan fingerprint density at radius 3 is 2.81 bits per heavy atom. The van der Waals surface area contributed by atoms with E-state index < -0.39 is 5.97 Å². The number of carboxylic acids is 1. The Kier molecular flexibility index (Phi) is 2.96. The van der Waals surface area contributed by atoms with Crippen molar-refractivity contribution < 1.29 is 9.90 Å². The predicted molar refractivity (Wildman–Crippen MR) is 59.3 cm³/mol. The molecule has 1 aliphatic rings. The number of imidazole rings is 1. The molecule has 0 amide bonds. The fourth-order valence-electron chi connectivity index (χ4n) is 2.56. The standard InChI is InChI=1S/C11H17N3O2/c1-9-13-6-7-14(9)11(8-10(15)16)2-4-12-5-3-11/h6-7,12H,2-5,8H2,1H3,(H,15,16). The van der Waals surface area contributed by atoms with Crippen LogP contribution >= 0.6 is 0 Å². The summed E-state index contributed by atoms with van der Waals surface area (Å²) in [6.07, 6.45) is 5.49. The van der Waals surface area contributed by atoms with Crippen LogP contribution in [0.3, 0.4) is 0 Å². The Labute approximate surface area is 94.5 Å². The van der Waals surface area contributed by atoms with Crippen molar-refractivity contribution in [1.82, 2.24) is 14.9 Å². The molecule has 0 atom stereocenters. The van der Waals surface area contributed by atoms with Gasteiger partial charge in [-0.15, -0.1) is 0 Å². The molecule has 0 unspecified atom stereocenters. The first kappa shape index (κ1) is 11.1. The van der Waals surface area contributed by atoms with Crippen LogP contribution in [0.5, 0.6) is 0 Å². The van der Waals surface area contributed by atoms with Crippen LogP contribution in [0, 0.1) is 6.92 Å². The molecule has 88 valence electrons. The van der Waals surface area contributed by atoms with Crippen molar-refractivity contribution in [2.24, 2.45) is 0 Å². The molecular weight excluding hydrogens is 206 g/mol. The summed E-state index contributed by atoms with van der Waals surface area (Å²) in [7, 11) is 0. The Morgan fingerprint density at radius 1 is 1.62 bits per heavy atom. The van der Waals surface area contributed by atoms with Gasteiger partial charge in [-0.2, -0.15) is 0 Å². The summed E-state index contributed by atoms with van der Waals surface area (Å²) in [6.45, 7) is 3.65. The first-order valence-electron chi connectivity index (χ1n) is 5.57. The average Bonchev–Trinajstić information content (AvgIpc) is 2.65. The summed E-state index contributed by atoms with van der Waals surface area (Å²) in [5, 5.41) is 12.3. The number of carbonyl (C=O) groups is 1. The van der Waals surface area contributed by atoms with Crippen LogP contribution in [0.25, 0.3) is 0 Å². The van der Waals surface area contributed by atoms with Crippen LogP contribution in [0.2, 0.25) is 0 Å². The quantitative estimate of drug-likeness (QED) is 0.793. The molecule has 1 saturated heterocycles. The van der Waals surface area contributed by atoms with Crippen molar-refractivity contribution >= 4 is 5.97 Å². The maximum atomic E-state index is 11.0. The molecule has 16 heavy (non-hydrogen) atoms. The maximum absolute atomic E-state index is 11.0. The van der Waals surface area contributed by atoms with Gasteiger partial charge in [0.1, 0.15) is 5.82 Å². The molecule has 2 heterocycles. The van der Waals surface area contributed by atoms with Crippen LogP contribution in [0.15, 0.2) is 12.4 Å². The third-order valence-corrected chi connectivity index (χ3v) is 3.35. The molecule has 1 aliphatic heterocycles. The predicted octanol–water partition coefficient (Wildman–Crippen LogP) is 0.745. The second kappa shape index (κ2) is 4.25. The van der Waals surface area contributed by atoms with Gasteiger partial charge in [0.25, 0.3) is 0 Å². The largest absolute Gasteiger partial charge is 0.481 e. The normalized spacial score (nSPS) is 19.6. The van der Waals surface area contributed by atoms with Gasteiger partial charge in [0.05, 0.1) is 12.0 Å². The number of aliphatic carboxylic acids is 1. The van der Waals surface area contributed by atoms with Gasteiger partial charge in [-0.25, -0.2) is 4.98 Å². The van der Waals surface area contributed by atoms with Crippen molar-refractivity contribution in [3.05, 3.63) is 18.2 Å². The lowest BCUT2D eigenvalue weighted by Gasteiger charge is -2.38. The Bertz CT molecular complexity index is 380. The highest BCUT2D eigenvalue weighted by Crippen LogP contribution is 2.32. The second-order valence-electron chi connectivity index (χ2n) is 4.39. The zero-order chi connectivity index (χ0) is 11.6. The van der Waals surface area contributed by atoms with E-state index in [2.05, 4.69) is 10.3 Å². The van der Waals surface area contributed by atoms with Crippen LogP contribution in [-0.4, -0.2) is 33.7 Å². The molecule has 5 nitrogen and oxygen atoms in total. The third-order valence-electron chi connectivity index (χ3n) is 3.35. The highest BCUT2D eigenvalue weighted by molar-refractivity contribution is 5.68. The van der Waals surface area contributed by atoms with Crippen LogP contribution in [-0.2, 0) is 10.3 Å². The molecule has 0 aromatic carbocycles.